The van der Waals surface area contributed by atoms with Gasteiger partial charge < -0.3 is 16.2 Å². The van der Waals surface area contributed by atoms with E-state index in [9.17, 15) is 14.4 Å². The number of rotatable bonds is 4. The molecule has 0 aliphatic carbocycles. The van der Waals surface area contributed by atoms with Gasteiger partial charge in [0.2, 0.25) is 0 Å². The number of hydrogen-bond donors (Lipinski definition) is 3. The fourth-order valence-electron chi connectivity index (χ4n) is 1.52. The van der Waals surface area contributed by atoms with E-state index in [1.54, 1.807) is 13.8 Å². The summed E-state index contributed by atoms with van der Waals surface area (Å²) >= 11 is 17.4. The van der Waals surface area contributed by atoms with Gasteiger partial charge in [0.15, 0.2) is 17.0 Å². The first-order valence-electron chi connectivity index (χ1n) is 6.17. The lowest BCUT2D eigenvalue weighted by atomic mass is 10.1. The summed E-state index contributed by atoms with van der Waals surface area (Å²) in [6.45, 7) is 3.19. The molecule has 0 unspecified atom stereocenters. The molecule has 3 amide bonds. The highest BCUT2D eigenvalue weighted by molar-refractivity contribution is 6.46. The van der Waals surface area contributed by atoms with Gasteiger partial charge in [-0.3, -0.25) is 10.1 Å². The molecule has 23 heavy (non-hydrogen) atoms. The number of nitrogens with two attached hydrogens (primary N) is 2. The number of amides is 3. The van der Waals surface area contributed by atoms with E-state index in [0.29, 0.717) is 0 Å². The Morgan fingerprint density at radius 3 is 2.22 bits per heavy atom. The Morgan fingerprint density at radius 1 is 1.17 bits per heavy atom. The molecule has 1 rings (SSSR count). The van der Waals surface area contributed by atoms with Gasteiger partial charge >= 0.3 is 12.0 Å². The fourth-order valence-corrected chi connectivity index (χ4v) is 2.11. The van der Waals surface area contributed by atoms with Crippen LogP contribution in [0.1, 0.15) is 24.3 Å². The van der Waals surface area contributed by atoms with E-state index in [0.717, 1.165) is 0 Å². The molecule has 1 heterocycles. The molecule has 0 saturated heterocycles. The average Bonchev–Trinajstić information content (AvgIpc) is 2.44. The number of ether oxygens (including phenoxy) is 1. The maximum atomic E-state index is 12.2. The summed E-state index contributed by atoms with van der Waals surface area (Å²) < 4.78 is 5.03. The Hall–Kier alpha value is -1.77. The van der Waals surface area contributed by atoms with Gasteiger partial charge in [-0.15, -0.1) is 0 Å². The van der Waals surface area contributed by atoms with Gasteiger partial charge in [-0.25, -0.2) is 14.6 Å². The van der Waals surface area contributed by atoms with Crippen LogP contribution in [0.15, 0.2) is 0 Å². The molecular weight excluding hydrogens is 371 g/mol. The summed E-state index contributed by atoms with van der Waals surface area (Å²) in [5, 5.41) is 1.21. The molecule has 5 N–H and O–H groups in total. The van der Waals surface area contributed by atoms with E-state index in [4.69, 9.17) is 51.0 Å². The highest BCUT2D eigenvalue weighted by Gasteiger charge is 2.30. The van der Waals surface area contributed by atoms with Gasteiger partial charge in [-0.1, -0.05) is 48.7 Å². The Balaban J connectivity index is 3.10. The van der Waals surface area contributed by atoms with Crippen molar-refractivity contribution in [3.8, 4) is 0 Å². The predicted molar refractivity (Wildman–Crippen MR) is 85.4 cm³/mol. The number of aromatic nitrogens is 1. The number of hydrogen-bond acceptors (Lipinski definition) is 6. The molecule has 1 atom stereocenters. The van der Waals surface area contributed by atoms with Crippen LogP contribution in [0.25, 0.3) is 0 Å². The molecule has 8 nitrogen and oxygen atoms in total. The number of carbonyl (C=O) groups excluding carboxylic acids is 3. The normalized spacial score (nSPS) is 11.9. The molecule has 0 aromatic carbocycles. The highest BCUT2D eigenvalue weighted by Crippen LogP contribution is 2.34. The second-order valence-electron chi connectivity index (χ2n) is 4.72. The van der Waals surface area contributed by atoms with Crippen molar-refractivity contribution in [3.63, 3.8) is 0 Å². The average molecular weight is 384 g/mol. The second kappa shape index (κ2) is 7.67. The zero-order valence-electron chi connectivity index (χ0n) is 12.0. The van der Waals surface area contributed by atoms with Gasteiger partial charge in [0.1, 0.15) is 5.02 Å². The maximum absolute atomic E-state index is 12.2. The molecule has 1 aromatic heterocycles. The Bertz CT molecular complexity index is 666. The molecule has 0 bridgehead atoms. The van der Waals surface area contributed by atoms with Crippen LogP contribution in [0.5, 0.6) is 0 Å². The van der Waals surface area contributed by atoms with Gasteiger partial charge in [0.05, 0.1) is 10.7 Å². The summed E-state index contributed by atoms with van der Waals surface area (Å²) in [5.74, 6) is -2.40. The quantitative estimate of drug-likeness (QED) is 0.537. The summed E-state index contributed by atoms with van der Waals surface area (Å²) in [5.41, 5.74) is 9.90. The molecule has 126 valence electrons. The van der Waals surface area contributed by atoms with E-state index in [1.807, 2.05) is 5.32 Å². The van der Waals surface area contributed by atoms with Crippen LogP contribution in [0, 0.1) is 5.92 Å². The topological polar surface area (TPSA) is 137 Å². The molecule has 11 heteroatoms. The Labute approximate surface area is 146 Å². The maximum Gasteiger partial charge on any atom is 0.359 e. The monoisotopic (exact) mass is 382 g/mol. The largest absolute Gasteiger partial charge is 0.447 e. The molecule has 0 radical (unpaired) electrons. The van der Waals surface area contributed by atoms with E-state index >= 15 is 0 Å². The van der Waals surface area contributed by atoms with Gasteiger partial charge in [-0.05, 0) is 5.92 Å². The van der Waals surface area contributed by atoms with Gasteiger partial charge in [0, 0.05) is 0 Å². The number of pyridine rings is 1. The van der Waals surface area contributed by atoms with E-state index in [1.165, 1.54) is 0 Å². The molecule has 0 saturated carbocycles. The second-order valence-corrected chi connectivity index (χ2v) is 5.83. The Kier molecular flexibility index (Phi) is 6.43. The molecule has 0 aliphatic heterocycles. The standard InChI is InChI=1S/C12H13Cl3N4O4/c1-3(2)8(10(20)19-12(17)22)23-11(21)7-4(13)6(16)5(14)9(15)18-7/h3,8H,1-2H3,(H2,16,18)(H3,17,19,20,22)/t8-/m0/s1. The fraction of sp³-hybridized carbons (Fsp3) is 0.333. The highest BCUT2D eigenvalue weighted by atomic mass is 35.5. The molecule has 0 aliphatic rings. The number of primary amides is 1. The van der Waals surface area contributed by atoms with Crippen LogP contribution in [0.3, 0.4) is 0 Å². The zero-order chi connectivity index (χ0) is 17.9. The van der Waals surface area contributed by atoms with Crippen molar-refractivity contribution in [3.05, 3.63) is 20.9 Å². The zero-order valence-corrected chi connectivity index (χ0v) is 14.3. The lowest BCUT2D eigenvalue weighted by Crippen LogP contribution is -2.45. The predicted octanol–water partition coefficient (Wildman–Crippen LogP) is 2.00. The van der Waals surface area contributed by atoms with Crippen molar-refractivity contribution in [1.82, 2.24) is 10.3 Å². The smallest absolute Gasteiger partial charge is 0.359 e. The number of urea groups is 1. The lowest BCUT2D eigenvalue weighted by Gasteiger charge is -2.20. The minimum Gasteiger partial charge on any atom is -0.447 e. The molecule has 1 aromatic rings. The first-order chi connectivity index (χ1) is 10.6. The van der Waals surface area contributed by atoms with E-state index < -0.39 is 35.6 Å². The van der Waals surface area contributed by atoms with Crippen molar-refractivity contribution in [1.29, 1.82) is 0 Å². The van der Waals surface area contributed by atoms with Crippen LogP contribution < -0.4 is 16.8 Å². The van der Waals surface area contributed by atoms with Gasteiger partial charge in [-0.2, -0.15) is 0 Å². The van der Waals surface area contributed by atoms with Crippen molar-refractivity contribution >= 4 is 58.4 Å². The molecular formula is C12H13Cl3N4O4. The third-order valence-corrected chi connectivity index (χ3v) is 3.75. The summed E-state index contributed by atoms with van der Waals surface area (Å²) in [6.07, 6.45) is -1.30. The molecule has 0 spiro atoms. The van der Waals surface area contributed by atoms with Crippen molar-refractivity contribution in [2.75, 3.05) is 5.73 Å². The first kappa shape index (κ1) is 19.3. The lowest BCUT2D eigenvalue weighted by molar-refractivity contribution is -0.130. The number of halogens is 3. The SMILES string of the molecule is CC(C)[C@H](OC(=O)c1nc(Cl)c(Cl)c(N)c1Cl)C(=O)NC(N)=O. The van der Waals surface area contributed by atoms with Crippen LogP contribution in [0.2, 0.25) is 15.2 Å². The van der Waals surface area contributed by atoms with Gasteiger partial charge in [0.25, 0.3) is 5.91 Å². The number of carbonyl (C=O) groups is 3. The summed E-state index contributed by atoms with van der Waals surface area (Å²) in [4.78, 5) is 38.4. The number of anilines is 1. The minimum absolute atomic E-state index is 0.111. The number of imide groups is 1. The summed E-state index contributed by atoms with van der Waals surface area (Å²) in [7, 11) is 0. The van der Waals surface area contributed by atoms with Crippen LogP contribution in [0.4, 0.5) is 10.5 Å². The van der Waals surface area contributed by atoms with Crippen LogP contribution >= 0.6 is 34.8 Å². The van der Waals surface area contributed by atoms with Crippen LogP contribution in [-0.2, 0) is 9.53 Å². The summed E-state index contributed by atoms with van der Waals surface area (Å²) in [6, 6.07) is -1.08. The third-order valence-electron chi connectivity index (χ3n) is 2.61. The molecule has 0 fully saturated rings. The minimum atomic E-state index is -1.30. The van der Waals surface area contributed by atoms with E-state index in [-0.39, 0.29) is 20.9 Å². The van der Waals surface area contributed by atoms with Crippen molar-refractivity contribution in [2.45, 2.75) is 20.0 Å². The number of esters is 1. The number of nitrogens with one attached hydrogen (secondary N) is 1. The van der Waals surface area contributed by atoms with Crippen molar-refractivity contribution in [2.24, 2.45) is 11.7 Å². The first-order valence-corrected chi connectivity index (χ1v) is 7.30. The number of nitrogen functional groups attached to an aromatic ring is 1. The van der Waals surface area contributed by atoms with Crippen molar-refractivity contribution < 1.29 is 19.1 Å². The third kappa shape index (κ3) is 4.60. The van der Waals surface area contributed by atoms with Crippen LogP contribution in [-0.4, -0.2) is 29.0 Å². The van der Waals surface area contributed by atoms with E-state index in [2.05, 4.69) is 4.98 Å². The Morgan fingerprint density at radius 2 is 1.74 bits per heavy atom. The number of nitrogens with zero attached hydrogens (tertiary/aromatic N) is 1.